The van der Waals surface area contributed by atoms with E-state index in [9.17, 15) is 0 Å². The molecule has 2 N–H and O–H groups in total. The van der Waals surface area contributed by atoms with E-state index >= 15 is 0 Å². The van der Waals surface area contributed by atoms with Crippen molar-refractivity contribution in [2.45, 2.75) is 13.3 Å². The van der Waals surface area contributed by atoms with E-state index in [1.807, 2.05) is 12.1 Å². The molecule has 0 aliphatic rings. The van der Waals surface area contributed by atoms with Crippen LogP contribution in [0.4, 0.5) is 5.82 Å². The Morgan fingerprint density at radius 2 is 2.06 bits per heavy atom. The number of anilines is 1. The Morgan fingerprint density at radius 3 is 2.75 bits per heavy atom. The molecule has 16 heavy (non-hydrogen) atoms. The van der Waals surface area contributed by atoms with Crippen molar-refractivity contribution in [3.8, 4) is 0 Å². The zero-order valence-electron chi connectivity index (χ0n) is 8.94. The molecule has 4 heteroatoms. The summed E-state index contributed by atoms with van der Waals surface area (Å²) >= 11 is 2.13. The molecule has 0 unspecified atom stereocenters. The van der Waals surface area contributed by atoms with Gasteiger partial charge < -0.3 is 5.73 Å². The van der Waals surface area contributed by atoms with E-state index in [0.29, 0.717) is 5.82 Å². The number of hydrogen-bond acceptors (Lipinski definition) is 3. The molecule has 0 aliphatic carbocycles. The van der Waals surface area contributed by atoms with E-state index in [4.69, 9.17) is 5.73 Å². The van der Waals surface area contributed by atoms with Crippen molar-refractivity contribution < 1.29 is 0 Å². The van der Waals surface area contributed by atoms with Crippen molar-refractivity contribution in [1.82, 2.24) is 9.97 Å². The second-order valence-corrected chi connectivity index (χ2v) is 4.78. The maximum atomic E-state index is 5.75. The number of rotatable bonds is 2. The second kappa shape index (κ2) is 4.78. The summed E-state index contributed by atoms with van der Waals surface area (Å²) in [5.41, 5.74) is 8.25. The molecule has 1 aromatic heterocycles. The molecule has 0 bridgehead atoms. The van der Waals surface area contributed by atoms with Gasteiger partial charge in [0.25, 0.3) is 0 Å². The molecule has 2 rings (SSSR count). The monoisotopic (exact) mass is 325 g/mol. The number of nitrogen functional groups attached to an aromatic ring is 1. The minimum atomic E-state index is 0.555. The van der Waals surface area contributed by atoms with Gasteiger partial charge in [-0.05, 0) is 40.6 Å². The van der Waals surface area contributed by atoms with Crippen LogP contribution in [0.25, 0.3) is 0 Å². The highest BCUT2D eigenvalue weighted by Crippen LogP contribution is 2.14. The fourth-order valence-electron chi connectivity index (χ4n) is 1.48. The molecule has 0 saturated carbocycles. The highest BCUT2D eigenvalue weighted by Gasteiger charge is 2.04. The number of aryl methyl sites for hydroxylation is 1. The summed E-state index contributed by atoms with van der Waals surface area (Å²) in [6.07, 6.45) is 2.49. The van der Waals surface area contributed by atoms with E-state index in [2.05, 4.69) is 51.6 Å². The summed E-state index contributed by atoms with van der Waals surface area (Å²) in [6.45, 7) is 2.09. The Kier molecular flexibility index (Phi) is 3.38. The van der Waals surface area contributed by atoms with Gasteiger partial charge in [-0.1, -0.05) is 24.3 Å². The summed E-state index contributed by atoms with van der Waals surface area (Å²) < 4.78 is 0.895. The minimum absolute atomic E-state index is 0.555. The van der Waals surface area contributed by atoms with Gasteiger partial charge in [0.15, 0.2) is 0 Å². The molecular weight excluding hydrogens is 313 g/mol. The molecule has 0 radical (unpaired) electrons. The van der Waals surface area contributed by atoms with Crippen LogP contribution < -0.4 is 5.73 Å². The highest BCUT2D eigenvalue weighted by molar-refractivity contribution is 14.1. The van der Waals surface area contributed by atoms with Crippen molar-refractivity contribution in [1.29, 1.82) is 0 Å². The second-order valence-electron chi connectivity index (χ2n) is 3.62. The first-order chi connectivity index (χ1) is 7.66. The number of benzene rings is 1. The molecule has 0 amide bonds. The lowest BCUT2D eigenvalue weighted by Gasteiger charge is -2.05. The van der Waals surface area contributed by atoms with Crippen LogP contribution in [-0.4, -0.2) is 9.97 Å². The predicted octanol–water partition coefficient (Wildman–Crippen LogP) is 2.56. The maximum absolute atomic E-state index is 5.75. The fourth-order valence-corrected chi connectivity index (χ4v) is 1.74. The Labute approximate surface area is 108 Å². The quantitative estimate of drug-likeness (QED) is 0.864. The molecule has 0 atom stereocenters. The Bertz CT molecular complexity index is 511. The van der Waals surface area contributed by atoms with Gasteiger partial charge >= 0.3 is 0 Å². The molecule has 3 nitrogen and oxygen atoms in total. The first kappa shape index (κ1) is 11.3. The molecule has 1 aromatic carbocycles. The molecule has 2 aromatic rings. The molecule has 0 spiro atoms. The molecule has 0 fully saturated rings. The van der Waals surface area contributed by atoms with Gasteiger partial charge in [-0.15, -0.1) is 0 Å². The number of halogens is 1. The third kappa shape index (κ3) is 2.49. The Morgan fingerprint density at radius 1 is 1.31 bits per heavy atom. The van der Waals surface area contributed by atoms with Crippen LogP contribution in [0.3, 0.4) is 0 Å². The van der Waals surface area contributed by atoms with Gasteiger partial charge in [-0.25, -0.2) is 9.97 Å². The van der Waals surface area contributed by atoms with Crippen LogP contribution in [0.1, 0.15) is 17.0 Å². The molecule has 82 valence electrons. The summed E-state index contributed by atoms with van der Waals surface area (Å²) in [6, 6.07) is 8.23. The minimum Gasteiger partial charge on any atom is -0.383 e. The Balaban J connectivity index is 2.28. The zero-order valence-corrected chi connectivity index (χ0v) is 11.1. The molecule has 1 heterocycles. The highest BCUT2D eigenvalue weighted by atomic mass is 127. The van der Waals surface area contributed by atoms with Crippen LogP contribution >= 0.6 is 22.6 Å². The van der Waals surface area contributed by atoms with Crippen LogP contribution in [0.5, 0.6) is 0 Å². The van der Waals surface area contributed by atoms with Crippen molar-refractivity contribution in [3.63, 3.8) is 0 Å². The number of nitrogens with zero attached hydrogens (tertiary/aromatic N) is 2. The van der Waals surface area contributed by atoms with Gasteiger partial charge in [0.2, 0.25) is 0 Å². The topological polar surface area (TPSA) is 51.8 Å². The largest absolute Gasteiger partial charge is 0.383 e. The standard InChI is InChI=1S/C12H12IN3/c1-8-4-2-3-5-9(8)6-11-15-7-10(13)12(14)16-11/h2-5,7H,6H2,1H3,(H2,14,15,16). The van der Waals surface area contributed by atoms with Gasteiger partial charge in [-0.2, -0.15) is 0 Å². The van der Waals surface area contributed by atoms with E-state index in [1.54, 1.807) is 6.20 Å². The van der Waals surface area contributed by atoms with Crippen LogP contribution in [0, 0.1) is 10.5 Å². The number of hydrogen-bond donors (Lipinski definition) is 1. The summed E-state index contributed by atoms with van der Waals surface area (Å²) in [4.78, 5) is 8.55. The first-order valence-electron chi connectivity index (χ1n) is 4.98. The van der Waals surface area contributed by atoms with E-state index in [1.165, 1.54) is 11.1 Å². The van der Waals surface area contributed by atoms with Crippen molar-refractivity contribution in [3.05, 3.63) is 51.0 Å². The number of nitrogens with two attached hydrogens (primary N) is 1. The van der Waals surface area contributed by atoms with Gasteiger partial charge in [0.1, 0.15) is 11.6 Å². The van der Waals surface area contributed by atoms with Gasteiger partial charge in [0.05, 0.1) is 3.57 Å². The van der Waals surface area contributed by atoms with E-state index in [0.717, 1.165) is 15.8 Å². The normalized spacial score (nSPS) is 10.4. The Hall–Kier alpha value is -1.17. The predicted molar refractivity (Wildman–Crippen MR) is 73.1 cm³/mol. The van der Waals surface area contributed by atoms with Crippen LogP contribution in [0.15, 0.2) is 30.5 Å². The smallest absolute Gasteiger partial charge is 0.140 e. The van der Waals surface area contributed by atoms with Crippen LogP contribution in [0.2, 0.25) is 0 Å². The first-order valence-corrected chi connectivity index (χ1v) is 6.06. The average molecular weight is 325 g/mol. The van der Waals surface area contributed by atoms with Crippen molar-refractivity contribution in [2.24, 2.45) is 0 Å². The van der Waals surface area contributed by atoms with E-state index < -0.39 is 0 Å². The summed E-state index contributed by atoms with van der Waals surface area (Å²) in [5.74, 6) is 1.33. The molecule has 0 aliphatic heterocycles. The summed E-state index contributed by atoms with van der Waals surface area (Å²) in [7, 11) is 0. The molecular formula is C12H12IN3. The summed E-state index contributed by atoms with van der Waals surface area (Å²) in [5, 5.41) is 0. The third-order valence-electron chi connectivity index (χ3n) is 2.43. The number of aromatic nitrogens is 2. The molecule has 0 saturated heterocycles. The van der Waals surface area contributed by atoms with Gasteiger partial charge in [0, 0.05) is 12.6 Å². The lowest BCUT2D eigenvalue weighted by Crippen LogP contribution is -2.03. The van der Waals surface area contributed by atoms with Crippen molar-refractivity contribution in [2.75, 3.05) is 5.73 Å². The van der Waals surface area contributed by atoms with Gasteiger partial charge in [-0.3, -0.25) is 0 Å². The third-order valence-corrected chi connectivity index (χ3v) is 3.26. The SMILES string of the molecule is Cc1ccccc1Cc1ncc(I)c(N)n1. The zero-order chi connectivity index (χ0) is 11.5. The van der Waals surface area contributed by atoms with Crippen LogP contribution in [-0.2, 0) is 6.42 Å². The van der Waals surface area contributed by atoms with Crippen molar-refractivity contribution >= 4 is 28.4 Å². The maximum Gasteiger partial charge on any atom is 0.140 e. The lowest BCUT2D eigenvalue weighted by molar-refractivity contribution is 0.961. The lowest BCUT2D eigenvalue weighted by atomic mass is 10.1. The average Bonchev–Trinajstić information content (AvgIpc) is 2.27. The fraction of sp³-hybridized carbons (Fsp3) is 0.167. The van der Waals surface area contributed by atoms with E-state index in [-0.39, 0.29) is 0 Å².